The van der Waals surface area contributed by atoms with Gasteiger partial charge in [-0.3, -0.25) is 9.59 Å². The molecule has 3 rings (SSSR count). The van der Waals surface area contributed by atoms with Crippen LogP contribution in [0.1, 0.15) is 63.7 Å². The van der Waals surface area contributed by atoms with E-state index in [1.54, 1.807) is 6.07 Å². The number of amides is 2. The lowest BCUT2D eigenvalue weighted by atomic mass is 9.96. The molecule has 2 N–H and O–H groups in total. The molecule has 1 aromatic heterocycles. The molecular formula is C21H28N4O3. The van der Waals surface area contributed by atoms with Crippen LogP contribution >= 0.6 is 0 Å². The van der Waals surface area contributed by atoms with Crippen LogP contribution in [0.5, 0.6) is 0 Å². The van der Waals surface area contributed by atoms with Gasteiger partial charge in [-0.25, -0.2) is 0 Å². The largest absolute Gasteiger partial charge is 0.339 e. The fraction of sp³-hybridized carbons (Fsp3) is 0.524. The maximum Gasteiger partial charge on any atom is 0.227 e. The normalized spacial score (nSPS) is 14.0. The molecule has 1 aliphatic carbocycles. The second-order valence-corrected chi connectivity index (χ2v) is 8.46. The average Bonchev–Trinajstić information content (AvgIpc) is 3.35. The third kappa shape index (κ3) is 5.41. The van der Waals surface area contributed by atoms with E-state index in [4.69, 9.17) is 4.52 Å². The number of aryl methyl sites for hydroxylation is 2. The molecule has 2 amide bonds. The van der Waals surface area contributed by atoms with E-state index < -0.39 is 0 Å². The van der Waals surface area contributed by atoms with Gasteiger partial charge in [0.05, 0.1) is 0 Å². The minimum absolute atomic E-state index is 0.0512. The summed E-state index contributed by atoms with van der Waals surface area (Å²) in [4.78, 5) is 28.6. The zero-order valence-electron chi connectivity index (χ0n) is 17.0. The molecule has 0 unspecified atom stereocenters. The SMILES string of the molecule is Cc1ccc(NC(=O)C2CC2)cc1NC(=O)CCCc1nc(C(C)(C)C)no1. The highest BCUT2D eigenvalue weighted by Gasteiger charge is 2.29. The fourth-order valence-electron chi connectivity index (χ4n) is 2.70. The van der Waals surface area contributed by atoms with Crippen LogP contribution in [0, 0.1) is 12.8 Å². The van der Waals surface area contributed by atoms with Crippen molar-refractivity contribution in [1.82, 2.24) is 10.1 Å². The second-order valence-electron chi connectivity index (χ2n) is 8.46. The third-order valence-electron chi connectivity index (χ3n) is 4.66. The van der Waals surface area contributed by atoms with E-state index in [0.29, 0.717) is 42.4 Å². The summed E-state index contributed by atoms with van der Waals surface area (Å²) in [5.74, 6) is 1.34. The smallest absolute Gasteiger partial charge is 0.227 e. The maximum atomic E-state index is 12.3. The van der Waals surface area contributed by atoms with Crippen LogP contribution in [0.4, 0.5) is 11.4 Å². The highest BCUT2D eigenvalue weighted by molar-refractivity contribution is 5.96. The number of anilines is 2. The molecule has 1 fully saturated rings. The van der Waals surface area contributed by atoms with Gasteiger partial charge in [0.1, 0.15) is 0 Å². The molecule has 2 aromatic rings. The van der Waals surface area contributed by atoms with Gasteiger partial charge in [-0.15, -0.1) is 0 Å². The topological polar surface area (TPSA) is 97.1 Å². The summed E-state index contributed by atoms with van der Waals surface area (Å²) in [5, 5.41) is 9.83. The molecule has 7 nitrogen and oxygen atoms in total. The van der Waals surface area contributed by atoms with Crippen molar-refractivity contribution in [3.05, 3.63) is 35.5 Å². The first-order valence-electron chi connectivity index (χ1n) is 9.77. The van der Waals surface area contributed by atoms with E-state index in [1.165, 1.54) is 0 Å². The minimum Gasteiger partial charge on any atom is -0.339 e. The number of hydrogen-bond acceptors (Lipinski definition) is 5. The molecule has 0 saturated heterocycles. The lowest BCUT2D eigenvalue weighted by Gasteiger charge is -2.11. The third-order valence-corrected chi connectivity index (χ3v) is 4.66. The summed E-state index contributed by atoms with van der Waals surface area (Å²) < 4.78 is 5.25. The number of aromatic nitrogens is 2. The lowest BCUT2D eigenvalue weighted by Crippen LogP contribution is -2.15. The lowest BCUT2D eigenvalue weighted by molar-refractivity contribution is -0.117. The van der Waals surface area contributed by atoms with Gasteiger partial charge in [0, 0.05) is 35.5 Å². The van der Waals surface area contributed by atoms with Crippen molar-refractivity contribution in [2.24, 2.45) is 5.92 Å². The number of nitrogens with one attached hydrogen (secondary N) is 2. The fourth-order valence-corrected chi connectivity index (χ4v) is 2.70. The molecule has 150 valence electrons. The molecule has 0 radical (unpaired) electrons. The monoisotopic (exact) mass is 384 g/mol. The Morgan fingerprint density at radius 2 is 1.96 bits per heavy atom. The maximum absolute atomic E-state index is 12.3. The summed E-state index contributed by atoms with van der Waals surface area (Å²) in [6, 6.07) is 5.55. The Hall–Kier alpha value is -2.70. The zero-order valence-corrected chi connectivity index (χ0v) is 17.0. The Balaban J connectivity index is 1.50. The first kappa shape index (κ1) is 20.0. The van der Waals surface area contributed by atoms with Gasteiger partial charge in [0.25, 0.3) is 0 Å². The number of carbonyl (C=O) groups is 2. The van der Waals surface area contributed by atoms with Gasteiger partial charge in [-0.05, 0) is 43.9 Å². The molecule has 1 aromatic carbocycles. The predicted molar refractivity (Wildman–Crippen MR) is 107 cm³/mol. The Morgan fingerprint density at radius 1 is 1.21 bits per heavy atom. The van der Waals surface area contributed by atoms with Crippen LogP contribution in [0.2, 0.25) is 0 Å². The van der Waals surface area contributed by atoms with Crippen molar-refractivity contribution in [1.29, 1.82) is 0 Å². The number of rotatable bonds is 7. The van der Waals surface area contributed by atoms with E-state index in [-0.39, 0.29) is 23.1 Å². The van der Waals surface area contributed by atoms with Crippen LogP contribution in [-0.4, -0.2) is 22.0 Å². The van der Waals surface area contributed by atoms with Gasteiger partial charge in [-0.2, -0.15) is 4.98 Å². The first-order valence-corrected chi connectivity index (χ1v) is 9.77. The summed E-state index contributed by atoms with van der Waals surface area (Å²) in [5.41, 5.74) is 2.21. The van der Waals surface area contributed by atoms with Gasteiger partial charge >= 0.3 is 0 Å². The zero-order chi connectivity index (χ0) is 20.3. The van der Waals surface area contributed by atoms with Crippen LogP contribution in [0.15, 0.2) is 22.7 Å². The molecule has 0 bridgehead atoms. The van der Waals surface area contributed by atoms with Crippen LogP contribution < -0.4 is 10.6 Å². The van der Waals surface area contributed by atoms with Crippen molar-refractivity contribution in [3.8, 4) is 0 Å². The van der Waals surface area contributed by atoms with Gasteiger partial charge in [-0.1, -0.05) is 32.0 Å². The van der Waals surface area contributed by atoms with Gasteiger partial charge in [0.15, 0.2) is 5.82 Å². The highest BCUT2D eigenvalue weighted by Crippen LogP contribution is 2.31. The number of hydrogen-bond donors (Lipinski definition) is 2. The highest BCUT2D eigenvalue weighted by atomic mass is 16.5. The van der Waals surface area contributed by atoms with E-state index in [1.807, 2.05) is 39.8 Å². The first-order chi connectivity index (χ1) is 13.2. The van der Waals surface area contributed by atoms with E-state index >= 15 is 0 Å². The van der Waals surface area contributed by atoms with Gasteiger partial charge < -0.3 is 15.2 Å². The molecule has 7 heteroatoms. The molecule has 28 heavy (non-hydrogen) atoms. The summed E-state index contributed by atoms with van der Waals surface area (Å²) in [6.45, 7) is 8.00. The summed E-state index contributed by atoms with van der Waals surface area (Å²) in [6.07, 6.45) is 3.45. The Kier molecular flexibility index (Phi) is 5.82. The molecule has 0 atom stereocenters. The van der Waals surface area contributed by atoms with Crippen molar-refractivity contribution in [3.63, 3.8) is 0 Å². The number of benzene rings is 1. The standard InChI is InChI=1S/C21H28N4O3/c1-13-8-11-15(22-19(27)14-9-10-14)12-16(13)23-17(26)6-5-7-18-24-20(25-28-18)21(2,3)4/h8,11-12,14H,5-7,9-10H2,1-4H3,(H,22,27)(H,23,26). The van der Waals surface area contributed by atoms with Crippen molar-refractivity contribution >= 4 is 23.2 Å². The Morgan fingerprint density at radius 3 is 2.61 bits per heavy atom. The molecular weight excluding hydrogens is 356 g/mol. The molecule has 1 saturated carbocycles. The van der Waals surface area contributed by atoms with Crippen LogP contribution in [0.25, 0.3) is 0 Å². The van der Waals surface area contributed by atoms with E-state index in [0.717, 1.165) is 18.4 Å². The van der Waals surface area contributed by atoms with E-state index in [2.05, 4.69) is 20.8 Å². The van der Waals surface area contributed by atoms with Crippen LogP contribution in [-0.2, 0) is 21.4 Å². The van der Waals surface area contributed by atoms with Crippen molar-refractivity contribution in [2.75, 3.05) is 10.6 Å². The molecule has 1 aliphatic rings. The van der Waals surface area contributed by atoms with Crippen molar-refractivity contribution < 1.29 is 14.1 Å². The van der Waals surface area contributed by atoms with Crippen LogP contribution in [0.3, 0.4) is 0 Å². The van der Waals surface area contributed by atoms with Crippen molar-refractivity contribution in [2.45, 2.75) is 65.2 Å². The second kappa shape index (κ2) is 8.12. The number of carbonyl (C=O) groups excluding carboxylic acids is 2. The Labute approximate surface area is 165 Å². The van der Waals surface area contributed by atoms with Gasteiger partial charge in [0.2, 0.25) is 17.7 Å². The summed E-state index contributed by atoms with van der Waals surface area (Å²) >= 11 is 0. The summed E-state index contributed by atoms with van der Waals surface area (Å²) in [7, 11) is 0. The minimum atomic E-state index is -0.156. The Bertz CT molecular complexity index is 863. The quantitative estimate of drug-likeness (QED) is 0.752. The molecule has 0 aliphatic heterocycles. The average molecular weight is 384 g/mol. The predicted octanol–water partition coefficient (Wildman–Crippen LogP) is 3.99. The molecule has 0 spiro atoms. The molecule has 1 heterocycles. The number of nitrogens with zero attached hydrogens (tertiary/aromatic N) is 2. The van der Waals surface area contributed by atoms with E-state index in [9.17, 15) is 9.59 Å².